The summed E-state index contributed by atoms with van der Waals surface area (Å²) >= 11 is 3.48. The van der Waals surface area contributed by atoms with Crippen LogP contribution in [0.3, 0.4) is 0 Å². The minimum absolute atomic E-state index is 0.209. The van der Waals surface area contributed by atoms with Crippen LogP contribution in [0.2, 0.25) is 0 Å². The zero-order valence-corrected chi connectivity index (χ0v) is 26.5. The molecule has 2 heterocycles. The van der Waals surface area contributed by atoms with Crippen molar-refractivity contribution in [1.29, 1.82) is 0 Å². The molecule has 0 radical (unpaired) electrons. The van der Waals surface area contributed by atoms with Gasteiger partial charge >= 0.3 is 5.97 Å². The van der Waals surface area contributed by atoms with Crippen molar-refractivity contribution in [2.45, 2.75) is 26.5 Å². The molecule has 1 aromatic heterocycles. The van der Waals surface area contributed by atoms with Crippen LogP contribution in [0, 0.1) is 3.57 Å². The summed E-state index contributed by atoms with van der Waals surface area (Å²) in [6.45, 7) is 4.12. The third kappa shape index (κ3) is 6.00. The molecule has 8 nitrogen and oxygen atoms in total. The van der Waals surface area contributed by atoms with Crippen LogP contribution in [-0.4, -0.2) is 31.4 Å². The number of nitrogens with zero attached hydrogens (tertiary/aromatic N) is 2. The predicted octanol–water partition coefficient (Wildman–Crippen LogP) is 5.00. The highest BCUT2D eigenvalue weighted by atomic mass is 127. The molecular weight excluding hydrogens is 667 g/mol. The first-order chi connectivity index (χ1) is 20.3. The Bertz CT molecular complexity index is 1830. The molecule has 1 aliphatic heterocycles. The first kappa shape index (κ1) is 29.6. The van der Waals surface area contributed by atoms with Crippen LogP contribution in [0.25, 0.3) is 6.08 Å². The number of thiazole rings is 1. The van der Waals surface area contributed by atoms with Crippen molar-refractivity contribution in [3.05, 3.63) is 118 Å². The van der Waals surface area contributed by atoms with Crippen LogP contribution in [0.5, 0.6) is 17.2 Å². The van der Waals surface area contributed by atoms with Crippen LogP contribution in [0.1, 0.15) is 36.6 Å². The van der Waals surface area contributed by atoms with Gasteiger partial charge in [0.2, 0.25) is 0 Å². The normalized spacial score (nSPS) is 14.7. The van der Waals surface area contributed by atoms with Gasteiger partial charge in [-0.15, -0.1) is 0 Å². The molecule has 3 aromatic carbocycles. The Morgan fingerprint density at radius 2 is 1.81 bits per heavy atom. The first-order valence-electron chi connectivity index (χ1n) is 13.2. The fourth-order valence-corrected chi connectivity index (χ4v) is 6.57. The number of esters is 1. The Hall–Kier alpha value is -3.90. The van der Waals surface area contributed by atoms with Gasteiger partial charge in [0.1, 0.15) is 12.4 Å². The molecule has 0 aliphatic carbocycles. The van der Waals surface area contributed by atoms with Crippen molar-refractivity contribution in [3.63, 3.8) is 0 Å². The number of carbonyl (C=O) groups excluding carboxylic acids is 1. The van der Waals surface area contributed by atoms with Crippen LogP contribution in [-0.2, 0) is 16.1 Å². The lowest BCUT2D eigenvalue weighted by Crippen LogP contribution is -2.39. The molecular formula is C32H29IN2O6S. The fraction of sp³-hybridized carbons (Fsp3) is 0.219. The van der Waals surface area contributed by atoms with Gasteiger partial charge in [0.25, 0.3) is 5.56 Å². The molecule has 0 N–H and O–H groups in total. The van der Waals surface area contributed by atoms with Crippen molar-refractivity contribution in [2.75, 3.05) is 20.8 Å². The quantitative estimate of drug-likeness (QED) is 0.181. The van der Waals surface area contributed by atoms with Crippen LogP contribution < -0.4 is 29.1 Å². The molecule has 0 bridgehead atoms. The maximum Gasteiger partial charge on any atom is 0.338 e. The Balaban J connectivity index is 1.58. The van der Waals surface area contributed by atoms with E-state index in [1.165, 1.54) is 11.3 Å². The van der Waals surface area contributed by atoms with Gasteiger partial charge in [-0.1, -0.05) is 53.8 Å². The molecule has 42 heavy (non-hydrogen) atoms. The summed E-state index contributed by atoms with van der Waals surface area (Å²) < 4.78 is 25.3. The predicted molar refractivity (Wildman–Crippen MR) is 170 cm³/mol. The monoisotopic (exact) mass is 696 g/mol. The number of allylic oxidation sites excluding steroid dienone is 1. The summed E-state index contributed by atoms with van der Waals surface area (Å²) in [4.78, 5) is 32.2. The number of hydrogen-bond donors (Lipinski definition) is 0. The lowest BCUT2D eigenvalue weighted by Gasteiger charge is -2.24. The second-order valence-corrected chi connectivity index (χ2v) is 11.6. The Morgan fingerprint density at radius 3 is 2.48 bits per heavy atom. The summed E-state index contributed by atoms with van der Waals surface area (Å²) in [5.74, 6) is 1.37. The van der Waals surface area contributed by atoms with E-state index >= 15 is 0 Å². The number of aromatic nitrogens is 1. The lowest BCUT2D eigenvalue weighted by molar-refractivity contribution is -0.139. The van der Waals surface area contributed by atoms with E-state index in [2.05, 4.69) is 27.6 Å². The summed E-state index contributed by atoms with van der Waals surface area (Å²) in [5, 5.41) is 0. The summed E-state index contributed by atoms with van der Waals surface area (Å²) in [6.07, 6.45) is 1.81. The molecule has 5 rings (SSSR count). The highest BCUT2D eigenvalue weighted by molar-refractivity contribution is 14.1. The number of rotatable bonds is 9. The molecule has 1 aliphatic rings. The van der Waals surface area contributed by atoms with Crippen molar-refractivity contribution < 1.29 is 23.7 Å². The number of benzene rings is 3. The molecule has 0 saturated heterocycles. The van der Waals surface area contributed by atoms with E-state index in [1.54, 1.807) is 44.8 Å². The third-order valence-electron chi connectivity index (χ3n) is 6.72. The van der Waals surface area contributed by atoms with Gasteiger partial charge < -0.3 is 18.9 Å². The molecule has 0 unspecified atom stereocenters. The van der Waals surface area contributed by atoms with E-state index in [4.69, 9.17) is 18.9 Å². The maximum absolute atomic E-state index is 13.9. The van der Waals surface area contributed by atoms with Gasteiger partial charge in [0.05, 0.1) is 46.2 Å². The largest absolute Gasteiger partial charge is 0.497 e. The summed E-state index contributed by atoms with van der Waals surface area (Å²) in [7, 11) is 3.18. The minimum atomic E-state index is -0.697. The Kier molecular flexibility index (Phi) is 9.12. The van der Waals surface area contributed by atoms with Crippen LogP contribution in [0.4, 0.5) is 0 Å². The first-order valence-corrected chi connectivity index (χ1v) is 15.1. The second kappa shape index (κ2) is 13.0. The molecule has 1 atom stereocenters. The SMILES string of the molecule is CCOC(=O)C1=C(C)N=c2sc(=Cc3cc(I)c(OCc4ccccc4)c(OC)c3)c(=O)n2[C@H]1c1ccc(OC)cc1. The number of hydrogen-bond acceptors (Lipinski definition) is 8. The third-order valence-corrected chi connectivity index (χ3v) is 8.51. The van der Waals surface area contributed by atoms with Crippen LogP contribution >= 0.6 is 33.9 Å². The number of methoxy groups -OCH3 is 2. The van der Waals surface area contributed by atoms with E-state index < -0.39 is 12.0 Å². The molecule has 0 saturated carbocycles. The molecule has 4 aromatic rings. The average molecular weight is 697 g/mol. The number of halogens is 1. The number of fused-ring (bicyclic) bond motifs is 1. The van der Waals surface area contributed by atoms with Crippen molar-refractivity contribution in [2.24, 2.45) is 4.99 Å². The number of ether oxygens (including phenoxy) is 4. The van der Waals surface area contributed by atoms with Crippen LogP contribution in [0.15, 0.2) is 87.8 Å². The van der Waals surface area contributed by atoms with Gasteiger partial charge in [-0.2, -0.15) is 0 Å². The van der Waals surface area contributed by atoms with Gasteiger partial charge in [0.15, 0.2) is 16.3 Å². The van der Waals surface area contributed by atoms with Gasteiger partial charge in [-0.25, -0.2) is 9.79 Å². The highest BCUT2D eigenvalue weighted by Crippen LogP contribution is 2.35. The van der Waals surface area contributed by atoms with E-state index in [-0.39, 0.29) is 12.2 Å². The zero-order chi connectivity index (χ0) is 29.8. The van der Waals surface area contributed by atoms with Crippen molar-refractivity contribution >= 4 is 46.0 Å². The van der Waals surface area contributed by atoms with Crippen molar-refractivity contribution in [1.82, 2.24) is 4.57 Å². The molecule has 216 valence electrons. The smallest absolute Gasteiger partial charge is 0.338 e. The molecule has 10 heteroatoms. The van der Waals surface area contributed by atoms with E-state index in [0.717, 1.165) is 20.3 Å². The summed E-state index contributed by atoms with van der Waals surface area (Å²) in [5.41, 5.74) is 3.15. The topological polar surface area (TPSA) is 88.4 Å². The molecule has 0 fully saturated rings. The fourth-order valence-electron chi connectivity index (χ4n) is 4.74. The van der Waals surface area contributed by atoms with E-state index in [9.17, 15) is 9.59 Å². The Morgan fingerprint density at radius 1 is 1.07 bits per heavy atom. The second-order valence-electron chi connectivity index (χ2n) is 9.38. The standard InChI is InChI=1S/C32H29IN2O6S/c1-5-40-31(37)27-19(2)34-32-35(28(27)22-11-13-23(38-3)14-12-22)30(36)26(42-32)17-21-15-24(33)29(25(16-21)39-4)41-18-20-9-7-6-8-10-20/h6-17,28H,5,18H2,1-4H3/t28-/m0/s1. The van der Waals surface area contributed by atoms with Gasteiger partial charge in [0, 0.05) is 0 Å². The molecule has 0 amide bonds. The van der Waals surface area contributed by atoms with Gasteiger partial charge in [-0.05, 0) is 83.5 Å². The van der Waals surface area contributed by atoms with Gasteiger partial charge in [-0.3, -0.25) is 9.36 Å². The van der Waals surface area contributed by atoms with E-state index in [0.29, 0.717) is 44.5 Å². The minimum Gasteiger partial charge on any atom is -0.497 e. The van der Waals surface area contributed by atoms with E-state index in [1.807, 2.05) is 60.7 Å². The lowest BCUT2D eigenvalue weighted by atomic mass is 9.96. The average Bonchev–Trinajstić information content (AvgIpc) is 3.30. The molecule has 0 spiro atoms. The Labute approximate surface area is 260 Å². The summed E-state index contributed by atoms with van der Waals surface area (Å²) in [6, 6.07) is 20.3. The highest BCUT2D eigenvalue weighted by Gasteiger charge is 2.33. The van der Waals surface area contributed by atoms with Crippen molar-refractivity contribution in [3.8, 4) is 17.2 Å². The zero-order valence-electron chi connectivity index (χ0n) is 23.5. The number of carbonyl (C=O) groups is 1. The maximum atomic E-state index is 13.9.